The van der Waals surface area contributed by atoms with Crippen molar-refractivity contribution >= 4 is 5.91 Å². The minimum absolute atomic E-state index is 0.0945. The lowest BCUT2D eigenvalue weighted by atomic mass is 10.1. The Kier molecular flexibility index (Phi) is 3.39. The highest BCUT2D eigenvalue weighted by molar-refractivity contribution is 5.78. The molecule has 11 heavy (non-hydrogen) atoms. The Balaban J connectivity index is 3.96. The van der Waals surface area contributed by atoms with E-state index in [1.54, 1.807) is 19.9 Å². The van der Waals surface area contributed by atoms with Crippen LogP contribution in [0.4, 0.5) is 0 Å². The Hall–Kier alpha value is -1.23. The van der Waals surface area contributed by atoms with E-state index in [2.05, 4.69) is 17.8 Å². The fourth-order valence-electron chi connectivity index (χ4n) is 0.567. The van der Waals surface area contributed by atoms with E-state index in [1.165, 1.54) is 0 Å². The molecule has 0 spiro atoms. The van der Waals surface area contributed by atoms with Crippen molar-refractivity contribution in [1.29, 1.82) is 0 Å². The summed E-state index contributed by atoms with van der Waals surface area (Å²) < 4.78 is 0. The minimum Gasteiger partial charge on any atom is -0.340 e. The van der Waals surface area contributed by atoms with Crippen LogP contribution >= 0.6 is 0 Å². The Labute approximate surface area is 67.7 Å². The average molecular weight is 151 g/mol. The van der Waals surface area contributed by atoms with Gasteiger partial charge in [-0.2, -0.15) is 0 Å². The average Bonchev–Trinajstić information content (AvgIpc) is 1.87. The first-order valence-corrected chi connectivity index (χ1v) is 3.41. The second-order valence-electron chi connectivity index (χ2n) is 2.81. The van der Waals surface area contributed by atoms with Gasteiger partial charge in [0.2, 0.25) is 5.91 Å². The molecule has 60 valence electrons. The molecule has 0 saturated heterocycles. The summed E-state index contributed by atoms with van der Waals surface area (Å²) >= 11 is 0. The van der Waals surface area contributed by atoms with E-state index in [-0.39, 0.29) is 5.91 Å². The summed E-state index contributed by atoms with van der Waals surface area (Å²) in [5.74, 6) is 2.37. The summed E-state index contributed by atoms with van der Waals surface area (Å²) in [6.45, 7) is 6.99. The number of terminal acetylenes is 1. The molecule has 0 saturated carbocycles. The smallest absolute Gasteiger partial charge is 0.224 e. The van der Waals surface area contributed by atoms with Gasteiger partial charge in [0.15, 0.2) is 0 Å². The van der Waals surface area contributed by atoms with Crippen LogP contribution in [0, 0.1) is 12.3 Å². The highest BCUT2D eigenvalue weighted by Gasteiger charge is 2.15. The molecule has 0 aromatic rings. The van der Waals surface area contributed by atoms with Crippen molar-refractivity contribution in [2.24, 2.45) is 0 Å². The molecule has 0 aliphatic rings. The van der Waals surface area contributed by atoms with E-state index >= 15 is 0 Å². The summed E-state index contributed by atoms with van der Waals surface area (Å²) in [6.07, 6.45) is 7.01. The highest BCUT2D eigenvalue weighted by Crippen LogP contribution is 1.98. The maximum absolute atomic E-state index is 10.9. The first kappa shape index (κ1) is 9.77. The molecular formula is C9H13NO. The topological polar surface area (TPSA) is 29.1 Å². The summed E-state index contributed by atoms with van der Waals surface area (Å²) in [6, 6.07) is 0. The largest absolute Gasteiger partial charge is 0.340 e. The van der Waals surface area contributed by atoms with E-state index in [4.69, 9.17) is 6.42 Å². The van der Waals surface area contributed by atoms with E-state index < -0.39 is 5.54 Å². The van der Waals surface area contributed by atoms with Crippen LogP contribution in [0.3, 0.4) is 0 Å². The third kappa shape index (κ3) is 4.21. The van der Waals surface area contributed by atoms with Crippen molar-refractivity contribution in [2.75, 3.05) is 0 Å². The van der Waals surface area contributed by atoms with Crippen LogP contribution in [0.2, 0.25) is 0 Å². The molecule has 2 heteroatoms. The van der Waals surface area contributed by atoms with Crippen molar-refractivity contribution in [2.45, 2.75) is 25.8 Å². The van der Waals surface area contributed by atoms with Gasteiger partial charge in [-0.25, -0.2) is 0 Å². The molecular weight excluding hydrogens is 138 g/mol. The van der Waals surface area contributed by atoms with Crippen LogP contribution < -0.4 is 5.32 Å². The van der Waals surface area contributed by atoms with Gasteiger partial charge in [-0.15, -0.1) is 13.0 Å². The lowest BCUT2D eigenvalue weighted by Gasteiger charge is -2.18. The van der Waals surface area contributed by atoms with Gasteiger partial charge in [-0.05, 0) is 13.8 Å². The second kappa shape index (κ2) is 3.82. The zero-order chi connectivity index (χ0) is 8.91. The van der Waals surface area contributed by atoms with Crippen LogP contribution in [-0.4, -0.2) is 11.4 Å². The number of hydrogen-bond acceptors (Lipinski definition) is 1. The SMILES string of the molecule is C#CC(C)(C)NC(=O)CC=C. The van der Waals surface area contributed by atoms with Crippen molar-refractivity contribution in [3.05, 3.63) is 12.7 Å². The predicted molar refractivity (Wildman–Crippen MR) is 45.9 cm³/mol. The highest BCUT2D eigenvalue weighted by atomic mass is 16.1. The lowest BCUT2D eigenvalue weighted by Crippen LogP contribution is -2.41. The molecule has 0 fully saturated rings. The van der Waals surface area contributed by atoms with Crippen molar-refractivity contribution < 1.29 is 4.79 Å². The van der Waals surface area contributed by atoms with Gasteiger partial charge >= 0.3 is 0 Å². The molecule has 0 aromatic carbocycles. The van der Waals surface area contributed by atoms with Crippen LogP contribution in [0.1, 0.15) is 20.3 Å². The molecule has 0 atom stereocenters. The van der Waals surface area contributed by atoms with Gasteiger partial charge in [0.05, 0.1) is 5.54 Å². The molecule has 2 nitrogen and oxygen atoms in total. The van der Waals surface area contributed by atoms with Crippen LogP contribution in [0.5, 0.6) is 0 Å². The Bertz CT molecular complexity index is 198. The Morgan fingerprint density at radius 1 is 1.82 bits per heavy atom. The molecule has 0 aliphatic carbocycles. The quantitative estimate of drug-likeness (QED) is 0.475. The molecule has 0 radical (unpaired) electrons. The molecule has 0 bridgehead atoms. The summed E-state index contributed by atoms with van der Waals surface area (Å²) in [5.41, 5.74) is -0.555. The summed E-state index contributed by atoms with van der Waals surface area (Å²) in [5, 5.41) is 2.66. The third-order valence-electron chi connectivity index (χ3n) is 1.14. The number of carbonyl (C=O) groups excluding carboxylic acids is 1. The zero-order valence-electron chi connectivity index (χ0n) is 6.98. The number of amides is 1. The third-order valence-corrected chi connectivity index (χ3v) is 1.14. The normalized spacial score (nSPS) is 9.91. The number of hydrogen-bond donors (Lipinski definition) is 1. The van der Waals surface area contributed by atoms with Crippen molar-refractivity contribution in [3.63, 3.8) is 0 Å². The lowest BCUT2D eigenvalue weighted by molar-refractivity contribution is -0.121. The molecule has 0 aliphatic heterocycles. The zero-order valence-corrected chi connectivity index (χ0v) is 6.98. The van der Waals surface area contributed by atoms with Gasteiger partial charge < -0.3 is 5.32 Å². The first-order valence-electron chi connectivity index (χ1n) is 3.41. The molecule has 1 N–H and O–H groups in total. The molecule has 0 aromatic heterocycles. The number of rotatable bonds is 3. The van der Waals surface area contributed by atoms with Gasteiger partial charge in [-0.1, -0.05) is 12.0 Å². The molecule has 0 unspecified atom stereocenters. The van der Waals surface area contributed by atoms with Gasteiger partial charge in [0.1, 0.15) is 0 Å². The summed E-state index contributed by atoms with van der Waals surface area (Å²) in [7, 11) is 0. The first-order chi connectivity index (χ1) is 5.02. The minimum atomic E-state index is -0.555. The van der Waals surface area contributed by atoms with E-state index in [0.717, 1.165) is 0 Å². The Morgan fingerprint density at radius 3 is 2.73 bits per heavy atom. The van der Waals surface area contributed by atoms with Crippen molar-refractivity contribution in [3.8, 4) is 12.3 Å². The van der Waals surface area contributed by atoms with Crippen LogP contribution in [0.25, 0.3) is 0 Å². The van der Waals surface area contributed by atoms with Crippen LogP contribution in [0.15, 0.2) is 12.7 Å². The van der Waals surface area contributed by atoms with E-state index in [1.807, 2.05) is 0 Å². The standard InChI is InChI=1S/C9H13NO/c1-5-7-8(11)10-9(3,4)6-2/h2,5H,1,7H2,3-4H3,(H,10,11). The second-order valence-corrected chi connectivity index (χ2v) is 2.81. The fourth-order valence-corrected chi connectivity index (χ4v) is 0.567. The summed E-state index contributed by atoms with van der Waals surface area (Å²) in [4.78, 5) is 10.9. The predicted octanol–water partition coefficient (Wildman–Crippen LogP) is 1.09. The van der Waals surface area contributed by atoms with Gasteiger partial charge in [-0.3, -0.25) is 4.79 Å². The maximum atomic E-state index is 10.9. The van der Waals surface area contributed by atoms with Crippen molar-refractivity contribution in [1.82, 2.24) is 5.32 Å². The van der Waals surface area contributed by atoms with E-state index in [0.29, 0.717) is 6.42 Å². The maximum Gasteiger partial charge on any atom is 0.224 e. The fraction of sp³-hybridized carbons (Fsp3) is 0.444. The Morgan fingerprint density at radius 2 is 2.36 bits per heavy atom. The number of nitrogens with one attached hydrogen (secondary N) is 1. The van der Waals surface area contributed by atoms with Gasteiger partial charge in [0.25, 0.3) is 0 Å². The van der Waals surface area contributed by atoms with Crippen LogP contribution in [-0.2, 0) is 4.79 Å². The molecule has 0 rings (SSSR count). The molecule has 1 amide bonds. The number of carbonyl (C=O) groups is 1. The van der Waals surface area contributed by atoms with Gasteiger partial charge in [0, 0.05) is 6.42 Å². The monoisotopic (exact) mass is 151 g/mol. The molecule has 0 heterocycles. The van der Waals surface area contributed by atoms with E-state index in [9.17, 15) is 4.79 Å².